The van der Waals surface area contributed by atoms with E-state index >= 15 is 0 Å². The van der Waals surface area contributed by atoms with Gasteiger partial charge in [0.25, 0.3) is 0 Å². The number of hydrogen-bond donors (Lipinski definition) is 1. The summed E-state index contributed by atoms with van der Waals surface area (Å²) < 4.78 is 0. The molecule has 0 bridgehead atoms. The van der Waals surface area contributed by atoms with Crippen LogP contribution in [0, 0.1) is 0 Å². The third-order valence-electron chi connectivity index (χ3n) is 5.03. The second-order valence-corrected chi connectivity index (χ2v) is 6.53. The highest BCUT2D eigenvalue weighted by molar-refractivity contribution is 5.41. The standard InChI is InChI=1S/C16H23N.C2H6/c1-15(2,17-13-8-9-13)16(3)11-10-12-6-4-5-7-14(12)16;1-2/h4-7,13,17H,8-11H2,1-3H3;1-2H3. The van der Waals surface area contributed by atoms with Crippen LogP contribution in [0.2, 0.25) is 0 Å². The minimum atomic E-state index is 0.195. The number of benzene rings is 1. The van der Waals surface area contributed by atoms with Gasteiger partial charge in [-0.3, -0.25) is 0 Å². The number of hydrogen-bond acceptors (Lipinski definition) is 1. The van der Waals surface area contributed by atoms with Crippen molar-refractivity contribution in [1.29, 1.82) is 0 Å². The molecule has 0 radical (unpaired) electrons. The van der Waals surface area contributed by atoms with Crippen LogP contribution in [0.25, 0.3) is 0 Å². The quantitative estimate of drug-likeness (QED) is 0.846. The molecule has 3 rings (SSSR count). The van der Waals surface area contributed by atoms with E-state index in [4.69, 9.17) is 0 Å². The van der Waals surface area contributed by atoms with Crippen molar-refractivity contribution in [1.82, 2.24) is 5.32 Å². The summed E-state index contributed by atoms with van der Waals surface area (Å²) >= 11 is 0. The van der Waals surface area contributed by atoms with Gasteiger partial charge < -0.3 is 5.32 Å². The lowest BCUT2D eigenvalue weighted by Gasteiger charge is -2.43. The summed E-state index contributed by atoms with van der Waals surface area (Å²) in [5.74, 6) is 0. The zero-order valence-electron chi connectivity index (χ0n) is 13.2. The Hall–Kier alpha value is -0.820. The van der Waals surface area contributed by atoms with E-state index in [0.29, 0.717) is 0 Å². The topological polar surface area (TPSA) is 12.0 Å². The van der Waals surface area contributed by atoms with Gasteiger partial charge in [0, 0.05) is 17.0 Å². The summed E-state index contributed by atoms with van der Waals surface area (Å²) in [6, 6.07) is 9.77. The van der Waals surface area contributed by atoms with E-state index in [1.54, 1.807) is 11.1 Å². The molecule has 106 valence electrons. The lowest BCUT2D eigenvalue weighted by molar-refractivity contribution is 0.216. The van der Waals surface area contributed by atoms with E-state index in [2.05, 4.69) is 50.4 Å². The molecule has 1 nitrogen and oxygen atoms in total. The Kier molecular flexibility index (Phi) is 4.06. The van der Waals surface area contributed by atoms with Crippen molar-refractivity contribution in [3.05, 3.63) is 35.4 Å². The number of aryl methyl sites for hydroxylation is 1. The largest absolute Gasteiger partial charge is 0.308 e. The lowest BCUT2D eigenvalue weighted by Crippen LogP contribution is -2.55. The maximum absolute atomic E-state index is 3.85. The zero-order valence-corrected chi connectivity index (χ0v) is 13.2. The normalized spacial score (nSPS) is 25.5. The number of fused-ring (bicyclic) bond motifs is 1. The Morgan fingerprint density at radius 1 is 1.16 bits per heavy atom. The average molecular weight is 259 g/mol. The zero-order chi connectivity index (χ0) is 14.1. The Morgan fingerprint density at radius 2 is 1.79 bits per heavy atom. The molecule has 1 heteroatoms. The van der Waals surface area contributed by atoms with Crippen LogP contribution in [0.3, 0.4) is 0 Å². The molecule has 0 saturated heterocycles. The molecule has 1 N–H and O–H groups in total. The predicted octanol–water partition coefficient (Wildman–Crippen LogP) is 4.45. The third-order valence-corrected chi connectivity index (χ3v) is 5.03. The highest BCUT2D eigenvalue weighted by atomic mass is 15.0. The molecule has 2 aliphatic carbocycles. The molecule has 1 atom stereocenters. The first-order valence-electron chi connectivity index (χ1n) is 7.89. The Morgan fingerprint density at radius 3 is 2.42 bits per heavy atom. The third kappa shape index (κ3) is 2.58. The van der Waals surface area contributed by atoms with E-state index in [-0.39, 0.29) is 11.0 Å². The van der Waals surface area contributed by atoms with Crippen molar-refractivity contribution in [3.63, 3.8) is 0 Å². The van der Waals surface area contributed by atoms with Crippen molar-refractivity contribution in [3.8, 4) is 0 Å². The van der Waals surface area contributed by atoms with E-state index < -0.39 is 0 Å². The Balaban J connectivity index is 0.000000637. The van der Waals surface area contributed by atoms with Gasteiger partial charge in [0.1, 0.15) is 0 Å². The smallest absolute Gasteiger partial charge is 0.0221 e. The van der Waals surface area contributed by atoms with Gasteiger partial charge in [0.05, 0.1) is 0 Å². The fraction of sp³-hybridized carbons (Fsp3) is 0.667. The summed E-state index contributed by atoms with van der Waals surface area (Å²) in [4.78, 5) is 0. The van der Waals surface area contributed by atoms with Crippen LogP contribution in [0.5, 0.6) is 0 Å². The SMILES string of the molecule is CC.CC(C)(NC1CC1)C1(C)CCc2ccccc21. The monoisotopic (exact) mass is 259 g/mol. The van der Waals surface area contributed by atoms with Gasteiger partial charge in [0.15, 0.2) is 0 Å². The van der Waals surface area contributed by atoms with Crippen molar-refractivity contribution < 1.29 is 0 Å². The summed E-state index contributed by atoms with van der Waals surface area (Å²) in [6.07, 6.45) is 5.24. The van der Waals surface area contributed by atoms with E-state index in [1.807, 2.05) is 13.8 Å². The predicted molar refractivity (Wildman–Crippen MR) is 83.7 cm³/mol. The van der Waals surface area contributed by atoms with Crippen molar-refractivity contribution in [2.75, 3.05) is 0 Å². The number of rotatable bonds is 3. The molecular formula is C18H29N. The average Bonchev–Trinajstić information content (AvgIpc) is 3.14. The molecule has 1 aromatic carbocycles. The highest BCUT2D eigenvalue weighted by Crippen LogP contribution is 2.46. The molecule has 0 spiro atoms. The minimum Gasteiger partial charge on any atom is -0.308 e. The van der Waals surface area contributed by atoms with Crippen LogP contribution in [-0.4, -0.2) is 11.6 Å². The van der Waals surface area contributed by atoms with Crippen molar-refractivity contribution in [2.45, 2.75) is 77.3 Å². The highest BCUT2D eigenvalue weighted by Gasteiger charge is 2.47. The molecule has 1 aromatic rings. The van der Waals surface area contributed by atoms with Crippen LogP contribution in [-0.2, 0) is 11.8 Å². The molecule has 2 aliphatic rings. The van der Waals surface area contributed by atoms with Gasteiger partial charge in [-0.1, -0.05) is 45.0 Å². The second kappa shape index (κ2) is 5.28. The first kappa shape index (κ1) is 14.6. The summed E-state index contributed by atoms with van der Waals surface area (Å²) in [5, 5.41) is 3.85. The van der Waals surface area contributed by atoms with Gasteiger partial charge in [-0.2, -0.15) is 0 Å². The fourth-order valence-corrected chi connectivity index (χ4v) is 3.34. The minimum absolute atomic E-state index is 0.195. The summed E-state index contributed by atoms with van der Waals surface area (Å²) in [5.41, 5.74) is 3.60. The van der Waals surface area contributed by atoms with Crippen LogP contribution in [0.1, 0.15) is 65.0 Å². The van der Waals surface area contributed by atoms with Gasteiger partial charge in [-0.25, -0.2) is 0 Å². The van der Waals surface area contributed by atoms with Crippen LogP contribution >= 0.6 is 0 Å². The molecule has 0 aromatic heterocycles. The van der Waals surface area contributed by atoms with Gasteiger partial charge in [-0.05, 0) is 50.7 Å². The second-order valence-electron chi connectivity index (χ2n) is 6.53. The molecular weight excluding hydrogens is 230 g/mol. The molecule has 1 unspecified atom stereocenters. The molecule has 19 heavy (non-hydrogen) atoms. The lowest BCUT2D eigenvalue weighted by atomic mass is 9.69. The summed E-state index contributed by atoms with van der Waals surface area (Å²) in [6.45, 7) is 11.2. The number of nitrogens with one attached hydrogen (secondary N) is 1. The fourth-order valence-electron chi connectivity index (χ4n) is 3.34. The first-order chi connectivity index (χ1) is 9.03. The van der Waals surface area contributed by atoms with Crippen LogP contribution in [0.15, 0.2) is 24.3 Å². The van der Waals surface area contributed by atoms with Gasteiger partial charge in [-0.15, -0.1) is 0 Å². The molecule has 0 amide bonds. The van der Waals surface area contributed by atoms with Crippen molar-refractivity contribution >= 4 is 0 Å². The van der Waals surface area contributed by atoms with Gasteiger partial charge >= 0.3 is 0 Å². The molecule has 1 saturated carbocycles. The van der Waals surface area contributed by atoms with Crippen LogP contribution < -0.4 is 5.32 Å². The molecule has 1 fully saturated rings. The van der Waals surface area contributed by atoms with Gasteiger partial charge in [0.2, 0.25) is 0 Å². The van der Waals surface area contributed by atoms with Crippen molar-refractivity contribution in [2.24, 2.45) is 0 Å². The first-order valence-corrected chi connectivity index (χ1v) is 7.89. The van der Waals surface area contributed by atoms with E-state index in [9.17, 15) is 0 Å². The van der Waals surface area contributed by atoms with E-state index in [1.165, 1.54) is 25.7 Å². The Labute approximate surface area is 118 Å². The van der Waals surface area contributed by atoms with E-state index in [0.717, 1.165) is 6.04 Å². The maximum atomic E-state index is 3.85. The Bertz CT molecular complexity index is 431. The summed E-state index contributed by atoms with van der Waals surface area (Å²) in [7, 11) is 0. The molecule has 0 aliphatic heterocycles. The molecule has 0 heterocycles. The van der Waals surface area contributed by atoms with Crippen LogP contribution in [0.4, 0.5) is 0 Å². The maximum Gasteiger partial charge on any atom is 0.0221 e.